The Morgan fingerprint density at radius 3 is 2.00 bits per heavy atom. The van der Waals surface area contributed by atoms with Crippen molar-refractivity contribution < 1.29 is 4.74 Å². The third kappa shape index (κ3) is 5.08. The average molecular weight is 200 g/mol. The minimum absolute atomic E-state index is 0.259. The number of ether oxygens (including phenoxy) is 1. The summed E-state index contributed by atoms with van der Waals surface area (Å²) in [4.78, 5) is 1.76. The van der Waals surface area contributed by atoms with Crippen LogP contribution in [-0.4, -0.2) is 30.7 Å². The summed E-state index contributed by atoms with van der Waals surface area (Å²) in [6, 6.07) is 0.356. The molecule has 3 heteroatoms. The van der Waals surface area contributed by atoms with Gasteiger partial charge in [0.05, 0.1) is 12.6 Å². The lowest BCUT2D eigenvalue weighted by Gasteiger charge is -2.10. The summed E-state index contributed by atoms with van der Waals surface area (Å²) in [5.74, 6) is 0. The summed E-state index contributed by atoms with van der Waals surface area (Å²) in [5, 5.41) is 8.57. The van der Waals surface area contributed by atoms with Crippen molar-refractivity contribution in [2.45, 2.75) is 53.2 Å². The molecular weight excluding hydrogens is 176 g/mol. The maximum atomic E-state index is 8.57. The Hall–Kier alpha value is -0.750. The smallest absolute Gasteiger partial charge is 0.179 e. The van der Waals surface area contributed by atoms with Crippen molar-refractivity contribution in [1.82, 2.24) is 4.90 Å². The molecule has 3 nitrogen and oxygen atoms in total. The SMILES string of the molecule is CC.CC.COC1CC(C)N(C#N)C1. The molecule has 14 heavy (non-hydrogen) atoms. The largest absolute Gasteiger partial charge is 0.380 e. The highest BCUT2D eigenvalue weighted by atomic mass is 16.5. The predicted molar refractivity (Wildman–Crippen MR) is 59.9 cm³/mol. The van der Waals surface area contributed by atoms with Gasteiger partial charge in [-0.2, -0.15) is 5.26 Å². The molecule has 2 atom stereocenters. The number of hydrogen-bond acceptors (Lipinski definition) is 3. The van der Waals surface area contributed by atoms with Gasteiger partial charge in [-0.05, 0) is 13.3 Å². The van der Waals surface area contributed by atoms with Gasteiger partial charge in [0, 0.05) is 13.2 Å². The van der Waals surface area contributed by atoms with Gasteiger partial charge in [0.1, 0.15) is 0 Å². The zero-order chi connectivity index (χ0) is 11.6. The first-order valence-electron chi connectivity index (χ1n) is 5.47. The summed E-state index contributed by atoms with van der Waals surface area (Å²) >= 11 is 0. The molecule has 0 spiro atoms. The van der Waals surface area contributed by atoms with E-state index in [9.17, 15) is 0 Å². The highest BCUT2D eigenvalue weighted by Crippen LogP contribution is 2.17. The van der Waals surface area contributed by atoms with E-state index in [2.05, 4.69) is 6.19 Å². The van der Waals surface area contributed by atoms with E-state index in [-0.39, 0.29) is 6.10 Å². The zero-order valence-electron chi connectivity index (χ0n) is 10.4. The zero-order valence-corrected chi connectivity index (χ0v) is 10.4. The van der Waals surface area contributed by atoms with Crippen molar-refractivity contribution in [3.63, 3.8) is 0 Å². The van der Waals surface area contributed by atoms with Gasteiger partial charge in [0.2, 0.25) is 0 Å². The molecule has 0 N–H and O–H groups in total. The van der Waals surface area contributed by atoms with E-state index in [1.807, 2.05) is 34.6 Å². The number of hydrogen-bond donors (Lipinski definition) is 0. The molecule has 0 aliphatic carbocycles. The highest BCUT2D eigenvalue weighted by Gasteiger charge is 2.27. The van der Waals surface area contributed by atoms with Gasteiger partial charge in [-0.15, -0.1) is 0 Å². The fourth-order valence-electron chi connectivity index (χ4n) is 1.29. The van der Waals surface area contributed by atoms with Crippen LogP contribution in [0.15, 0.2) is 0 Å². The number of rotatable bonds is 1. The molecule has 1 fully saturated rings. The van der Waals surface area contributed by atoms with E-state index in [1.54, 1.807) is 12.0 Å². The first-order chi connectivity index (χ1) is 6.77. The molecule has 0 aromatic heterocycles. The van der Waals surface area contributed by atoms with Crippen LogP contribution in [0.3, 0.4) is 0 Å². The Kier molecular flexibility index (Phi) is 11.6. The van der Waals surface area contributed by atoms with E-state index in [0.29, 0.717) is 6.04 Å². The second kappa shape index (κ2) is 10.3. The molecule has 0 radical (unpaired) electrons. The molecule has 1 saturated heterocycles. The Morgan fingerprint density at radius 2 is 1.79 bits per heavy atom. The number of methoxy groups -OCH3 is 1. The van der Waals surface area contributed by atoms with Gasteiger partial charge in [-0.3, -0.25) is 0 Å². The van der Waals surface area contributed by atoms with Gasteiger partial charge in [-0.1, -0.05) is 27.7 Å². The maximum Gasteiger partial charge on any atom is 0.179 e. The summed E-state index contributed by atoms with van der Waals surface area (Å²) in [5.41, 5.74) is 0. The van der Waals surface area contributed by atoms with E-state index >= 15 is 0 Å². The summed E-state index contributed by atoms with van der Waals surface area (Å²) in [6.07, 6.45) is 3.37. The van der Waals surface area contributed by atoms with Crippen LogP contribution in [-0.2, 0) is 4.74 Å². The molecule has 1 heterocycles. The Bertz CT molecular complexity index is 154. The van der Waals surface area contributed by atoms with Crippen molar-refractivity contribution in [2.75, 3.05) is 13.7 Å². The van der Waals surface area contributed by atoms with Crippen LogP contribution in [0.4, 0.5) is 0 Å². The standard InChI is InChI=1S/C7H12N2O.2C2H6/c1-6-3-7(10-2)4-9(6)5-8;2*1-2/h6-7H,3-4H2,1-2H3;2*1-2H3. The molecule has 84 valence electrons. The lowest BCUT2D eigenvalue weighted by atomic mass is 10.2. The van der Waals surface area contributed by atoms with Crippen LogP contribution < -0.4 is 0 Å². The number of nitriles is 1. The van der Waals surface area contributed by atoms with Crippen molar-refractivity contribution in [1.29, 1.82) is 5.26 Å². The molecule has 0 amide bonds. The molecular formula is C11H24N2O. The second-order valence-electron chi connectivity index (χ2n) is 2.69. The number of nitrogens with zero attached hydrogens (tertiary/aromatic N) is 2. The third-order valence-corrected chi connectivity index (χ3v) is 2.00. The molecule has 2 unspecified atom stereocenters. The molecule has 0 aromatic rings. The van der Waals surface area contributed by atoms with Crippen LogP contribution in [0.2, 0.25) is 0 Å². The van der Waals surface area contributed by atoms with Gasteiger partial charge in [0.15, 0.2) is 6.19 Å². The molecule has 1 rings (SSSR count). The summed E-state index contributed by atoms with van der Waals surface area (Å²) < 4.78 is 5.12. The molecule has 0 aromatic carbocycles. The molecule has 1 aliphatic rings. The van der Waals surface area contributed by atoms with Crippen LogP contribution in [0.1, 0.15) is 41.0 Å². The lowest BCUT2D eigenvalue weighted by molar-refractivity contribution is 0.113. The minimum Gasteiger partial charge on any atom is -0.380 e. The van der Waals surface area contributed by atoms with Crippen LogP contribution >= 0.6 is 0 Å². The highest BCUT2D eigenvalue weighted by molar-refractivity contribution is 4.90. The monoisotopic (exact) mass is 200 g/mol. The van der Waals surface area contributed by atoms with E-state index < -0.39 is 0 Å². The first-order valence-corrected chi connectivity index (χ1v) is 5.47. The van der Waals surface area contributed by atoms with Crippen LogP contribution in [0.25, 0.3) is 0 Å². The average Bonchev–Trinajstić information content (AvgIpc) is 2.65. The molecule has 1 aliphatic heterocycles. The summed E-state index contributed by atoms with van der Waals surface area (Å²) in [7, 11) is 1.69. The fraction of sp³-hybridized carbons (Fsp3) is 0.909. The predicted octanol–water partition coefficient (Wildman–Crippen LogP) is 2.63. The van der Waals surface area contributed by atoms with E-state index in [1.165, 1.54) is 0 Å². The Labute approximate surface area is 88.7 Å². The Morgan fingerprint density at radius 1 is 1.29 bits per heavy atom. The molecule has 0 saturated carbocycles. The fourth-order valence-corrected chi connectivity index (χ4v) is 1.29. The maximum absolute atomic E-state index is 8.57. The van der Waals surface area contributed by atoms with E-state index in [0.717, 1.165) is 13.0 Å². The van der Waals surface area contributed by atoms with Crippen molar-refractivity contribution in [2.24, 2.45) is 0 Å². The summed E-state index contributed by atoms with van der Waals surface area (Å²) in [6.45, 7) is 10.8. The Balaban J connectivity index is 0. The van der Waals surface area contributed by atoms with Gasteiger partial charge in [-0.25, -0.2) is 0 Å². The van der Waals surface area contributed by atoms with Gasteiger partial charge < -0.3 is 9.64 Å². The van der Waals surface area contributed by atoms with Crippen molar-refractivity contribution >= 4 is 0 Å². The topological polar surface area (TPSA) is 36.3 Å². The number of likely N-dealkylation sites (tertiary alicyclic amines) is 1. The normalized spacial score (nSPS) is 23.9. The quantitative estimate of drug-likeness (QED) is 0.610. The van der Waals surface area contributed by atoms with Gasteiger partial charge >= 0.3 is 0 Å². The van der Waals surface area contributed by atoms with E-state index in [4.69, 9.17) is 10.00 Å². The molecule has 0 bridgehead atoms. The minimum atomic E-state index is 0.259. The first kappa shape index (κ1) is 15.7. The van der Waals surface area contributed by atoms with Crippen molar-refractivity contribution in [3.8, 4) is 6.19 Å². The second-order valence-corrected chi connectivity index (χ2v) is 2.69. The van der Waals surface area contributed by atoms with Crippen LogP contribution in [0, 0.1) is 11.5 Å². The third-order valence-electron chi connectivity index (χ3n) is 2.00. The van der Waals surface area contributed by atoms with Crippen LogP contribution in [0.5, 0.6) is 0 Å². The van der Waals surface area contributed by atoms with Crippen molar-refractivity contribution in [3.05, 3.63) is 0 Å². The van der Waals surface area contributed by atoms with Gasteiger partial charge in [0.25, 0.3) is 0 Å². The lowest BCUT2D eigenvalue weighted by Crippen LogP contribution is -2.21.